The van der Waals surface area contributed by atoms with E-state index in [1.54, 1.807) is 12.1 Å². The highest BCUT2D eigenvalue weighted by Crippen LogP contribution is 2.24. The molecule has 0 saturated carbocycles. The van der Waals surface area contributed by atoms with Crippen LogP contribution in [0.15, 0.2) is 48.5 Å². The molecule has 1 heterocycles. The van der Waals surface area contributed by atoms with E-state index in [-0.39, 0.29) is 11.9 Å². The van der Waals surface area contributed by atoms with E-state index in [0.29, 0.717) is 17.2 Å². The van der Waals surface area contributed by atoms with E-state index in [2.05, 4.69) is 19.0 Å². The normalized spacial score (nSPS) is 17.0. The van der Waals surface area contributed by atoms with Gasteiger partial charge in [-0.25, -0.2) is 4.79 Å². The second-order valence-electron chi connectivity index (χ2n) is 7.16. The molecule has 5 nitrogen and oxygen atoms in total. The van der Waals surface area contributed by atoms with Crippen molar-refractivity contribution < 1.29 is 14.3 Å². The number of piperidine rings is 1. The Labute approximate surface area is 160 Å². The lowest BCUT2D eigenvalue weighted by molar-refractivity contribution is 0.0599. The molecular weight excluding hydrogens is 340 g/mol. The Hall–Kier alpha value is -2.66. The van der Waals surface area contributed by atoms with Gasteiger partial charge in [0.25, 0.3) is 5.91 Å². The van der Waals surface area contributed by atoms with Gasteiger partial charge in [-0.3, -0.25) is 4.79 Å². The summed E-state index contributed by atoms with van der Waals surface area (Å²) in [6.45, 7) is 1.55. The predicted molar refractivity (Wildman–Crippen MR) is 106 cm³/mol. The van der Waals surface area contributed by atoms with Gasteiger partial charge in [0.2, 0.25) is 0 Å². The molecule has 0 N–H and O–H groups in total. The Morgan fingerprint density at radius 2 is 1.67 bits per heavy atom. The summed E-state index contributed by atoms with van der Waals surface area (Å²) in [5, 5.41) is 0. The van der Waals surface area contributed by atoms with Crippen molar-refractivity contribution >= 4 is 11.9 Å². The summed E-state index contributed by atoms with van der Waals surface area (Å²) in [4.78, 5) is 28.9. The van der Waals surface area contributed by atoms with Gasteiger partial charge in [-0.05, 0) is 62.3 Å². The zero-order valence-corrected chi connectivity index (χ0v) is 16.1. The van der Waals surface area contributed by atoms with Gasteiger partial charge < -0.3 is 14.5 Å². The number of amides is 1. The van der Waals surface area contributed by atoms with Crippen molar-refractivity contribution in [1.82, 2.24) is 9.80 Å². The van der Waals surface area contributed by atoms with E-state index in [1.165, 1.54) is 7.11 Å². The van der Waals surface area contributed by atoms with Gasteiger partial charge in [0.05, 0.1) is 12.7 Å². The van der Waals surface area contributed by atoms with Crippen LogP contribution in [0.2, 0.25) is 0 Å². The molecule has 0 radical (unpaired) electrons. The maximum Gasteiger partial charge on any atom is 0.337 e. The van der Waals surface area contributed by atoms with Gasteiger partial charge in [-0.1, -0.05) is 24.3 Å². The van der Waals surface area contributed by atoms with Crippen molar-refractivity contribution in [2.75, 3.05) is 34.3 Å². The van der Waals surface area contributed by atoms with Crippen LogP contribution < -0.4 is 0 Å². The van der Waals surface area contributed by atoms with E-state index in [4.69, 9.17) is 4.74 Å². The van der Waals surface area contributed by atoms with Gasteiger partial charge in [0.15, 0.2) is 0 Å². The number of nitrogens with zero attached hydrogens (tertiary/aromatic N) is 2. The van der Waals surface area contributed by atoms with Crippen LogP contribution in [-0.4, -0.2) is 62.0 Å². The molecule has 0 unspecified atom stereocenters. The molecule has 5 heteroatoms. The van der Waals surface area contributed by atoms with Crippen molar-refractivity contribution in [3.05, 3.63) is 59.7 Å². The summed E-state index contributed by atoms with van der Waals surface area (Å²) in [5.74, 6) is -0.306. The highest BCUT2D eigenvalue weighted by Gasteiger charge is 2.25. The van der Waals surface area contributed by atoms with E-state index < -0.39 is 0 Å². The van der Waals surface area contributed by atoms with Crippen LogP contribution >= 0.6 is 0 Å². The quantitative estimate of drug-likeness (QED) is 0.779. The summed E-state index contributed by atoms with van der Waals surface area (Å²) < 4.78 is 4.79. The molecule has 2 aromatic carbocycles. The topological polar surface area (TPSA) is 49.9 Å². The predicted octanol–water partition coefficient (Wildman–Crippen LogP) is 3.31. The minimum atomic E-state index is -0.368. The first-order valence-corrected chi connectivity index (χ1v) is 9.24. The molecule has 3 rings (SSSR count). The smallest absolute Gasteiger partial charge is 0.337 e. The van der Waals surface area contributed by atoms with Crippen LogP contribution in [0.1, 0.15) is 33.6 Å². The highest BCUT2D eigenvalue weighted by atomic mass is 16.5. The third-order valence-corrected chi connectivity index (χ3v) is 5.14. The fraction of sp³-hybridized carbons (Fsp3) is 0.364. The van der Waals surface area contributed by atoms with E-state index in [1.807, 2.05) is 41.3 Å². The zero-order chi connectivity index (χ0) is 19.4. The molecule has 27 heavy (non-hydrogen) atoms. The number of hydrogen-bond donors (Lipinski definition) is 0. The van der Waals surface area contributed by atoms with Gasteiger partial charge in [-0.2, -0.15) is 0 Å². The first-order chi connectivity index (χ1) is 13.0. The molecule has 2 aromatic rings. The first-order valence-electron chi connectivity index (χ1n) is 9.24. The van der Waals surface area contributed by atoms with Gasteiger partial charge in [0.1, 0.15) is 0 Å². The number of esters is 1. The minimum absolute atomic E-state index is 0.0625. The largest absolute Gasteiger partial charge is 0.465 e. The molecule has 1 aliphatic rings. The van der Waals surface area contributed by atoms with Gasteiger partial charge in [-0.15, -0.1) is 0 Å². The molecule has 0 aromatic heterocycles. The van der Waals surface area contributed by atoms with Crippen molar-refractivity contribution in [3.63, 3.8) is 0 Å². The van der Waals surface area contributed by atoms with E-state index in [0.717, 1.165) is 37.1 Å². The Balaban J connectivity index is 1.83. The van der Waals surface area contributed by atoms with Gasteiger partial charge >= 0.3 is 5.97 Å². The van der Waals surface area contributed by atoms with Crippen molar-refractivity contribution in [2.45, 2.75) is 18.9 Å². The molecule has 0 bridgehead atoms. The Bertz CT molecular complexity index is 832. The molecule has 0 spiro atoms. The lowest BCUT2D eigenvalue weighted by Crippen LogP contribution is -2.47. The first kappa shape index (κ1) is 19.1. The number of carbonyl (C=O) groups is 2. The van der Waals surface area contributed by atoms with Crippen LogP contribution in [0, 0.1) is 0 Å². The number of ether oxygens (including phenoxy) is 1. The summed E-state index contributed by atoms with van der Waals surface area (Å²) in [6, 6.07) is 15.3. The van der Waals surface area contributed by atoms with Crippen LogP contribution in [-0.2, 0) is 4.74 Å². The number of benzene rings is 2. The molecule has 1 fully saturated rings. The second kappa shape index (κ2) is 8.35. The Morgan fingerprint density at radius 3 is 2.30 bits per heavy atom. The summed E-state index contributed by atoms with van der Waals surface area (Å²) in [6.07, 6.45) is 2.15. The molecule has 1 saturated heterocycles. The van der Waals surface area contributed by atoms with E-state index in [9.17, 15) is 9.59 Å². The lowest BCUT2D eigenvalue weighted by atomic mass is 9.99. The maximum atomic E-state index is 13.0. The molecule has 142 valence electrons. The monoisotopic (exact) mass is 366 g/mol. The van der Waals surface area contributed by atoms with Gasteiger partial charge in [0, 0.05) is 24.7 Å². The molecule has 1 atom stereocenters. The van der Waals surface area contributed by atoms with Crippen molar-refractivity contribution in [2.24, 2.45) is 0 Å². The number of likely N-dealkylation sites (N-methyl/N-ethyl adjacent to an activating group) is 1. The SMILES string of the molecule is COC(=O)c1cccc(-c2cccc(C(=O)N3CCC[C@@H](N(C)C)C3)c2)c1. The average Bonchev–Trinajstić information content (AvgIpc) is 2.72. The number of hydrogen-bond acceptors (Lipinski definition) is 4. The average molecular weight is 366 g/mol. The maximum absolute atomic E-state index is 13.0. The molecular formula is C22H26N2O3. The molecule has 1 amide bonds. The minimum Gasteiger partial charge on any atom is -0.465 e. The van der Waals surface area contributed by atoms with E-state index >= 15 is 0 Å². The number of likely N-dealkylation sites (tertiary alicyclic amines) is 1. The summed E-state index contributed by atoms with van der Waals surface area (Å²) >= 11 is 0. The molecule has 1 aliphatic heterocycles. The number of carbonyl (C=O) groups excluding carboxylic acids is 2. The highest BCUT2D eigenvalue weighted by molar-refractivity contribution is 5.96. The standard InChI is InChI=1S/C22H26N2O3/c1-23(2)20-11-6-12-24(15-20)21(25)18-9-4-7-16(13-18)17-8-5-10-19(14-17)22(26)27-3/h4-5,7-10,13-14,20H,6,11-12,15H2,1-3H3/t20-/m1/s1. The van der Waals surface area contributed by atoms with Crippen LogP contribution in [0.3, 0.4) is 0 Å². The fourth-order valence-electron chi connectivity index (χ4n) is 3.52. The fourth-order valence-corrected chi connectivity index (χ4v) is 3.52. The van der Waals surface area contributed by atoms with Crippen LogP contribution in [0.5, 0.6) is 0 Å². The summed E-state index contributed by atoms with van der Waals surface area (Å²) in [5.41, 5.74) is 2.97. The zero-order valence-electron chi connectivity index (χ0n) is 16.1. The lowest BCUT2D eigenvalue weighted by Gasteiger charge is -2.36. The second-order valence-corrected chi connectivity index (χ2v) is 7.16. The third-order valence-electron chi connectivity index (χ3n) is 5.14. The van der Waals surface area contributed by atoms with Crippen molar-refractivity contribution in [1.29, 1.82) is 0 Å². The number of rotatable bonds is 4. The van der Waals surface area contributed by atoms with Crippen LogP contribution in [0.4, 0.5) is 0 Å². The molecule has 0 aliphatic carbocycles. The van der Waals surface area contributed by atoms with Crippen molar-refractivity contribution in [3.8, 4) is 11.1 Å². The van der Waals surface area contributed by atoms with Crippen LogP contribution in [0.25, 0.3) is 11.1 Å². The summed E-state index contributed by atoms with van der Waals surface area (Å²) in [7, 11) is 5.50. The Morgan fingerprint density at radius 1 is 1.04 bits per heavy atom. The third kappa shape index (κ3) is 4.37. The Kier molecular flexibility index (Phi) is 5.91. The number of methoxy groups -OCH3 is 1.